The van der Waals surface area contributed by atoms with E-state index in [2.05, 4.69) is 4.98 Å². The molecular weight excluding hydrogens is 233 g/mol. The van der Waals surface area contributed by atoms with Crippen molar-refractivity contribution < 1.29 is 17.9 Å². The normalized spacial score (nSPS) is 12.1. The summed E-state index contributed by atoms with van der Waals surface area (Å²) in [4.78, 5) is 3.97. The minimum absolute atomic E-state index is 0.000697. The third kappa shape index (κ3) is 2.35. The van der Waals surface area contributed by atoms with Crippen molar-refractivity contribution in [2.75, 3.05) is 7.11 Å². The first-order valence-electron chi connectivity index (χ1n) is 4.97. The Hall–Kier alpha value is -1.72. The highest BCUT2D eigenvalue weighted by molar-refractivity contribution is 5.77. The number of aryl methyl sites for hydroxylation is 1. The number of hydrogen-bond donors (Lipinski definition) is 0. The lowest BCUT2D eigenvalue weighted by molar-refractivity contribution is -0.128. The minimum atomic E-state index is -4.25. The van der Waals surface area contributed by atoms with Crippen molar-refractivity contribution in [1.82, 2.24) is 9.55 Å². The van der Waals surface area contributed by atoms with Gasteiger partial charge in [-0.3, -0.25) is 0 Å². The number of nitrogens with zero attached hydrogens (tertiary/aromatic N) is 2. The zero-order valence-electron chi connectivity index (χ0n) is 9.38. The van der Waals surface area contributed by atoms with Crippen molar-refractivity contribution in [3.05, 3.63) is 24.0 Å². The van der Waals surface area contributed by atoms with Crippen LogP contribution in [0.3, 0.4) is 0 Å². The fourth-order valence-electron chi connectivity index (χ4n) is 1.69. The van der Waals surface area contributed by atoms with Crippen LogP contribution in [0.15, 0.2) is 18.2 Å². The molecule has 0 bridgehead atoms. The van der Waals surface area contributed by atoms with Gasteiger partial charge in [-0.15, -0.1) is 0 Å². The molecule has 0 unspecified atom stereocenters. The van der Waals surface area contributed by atoms with Crippen molar-refractivity contribution >= 4 is 11.0 Å². The van der Waals surface area contributed by atoms with Gasteiger partial charge in [0.2, 0.25) is 0 Å². The van der Waals surface area contributed by atoms with E-state index in [1.165, 1.54) is 11.7 Å². The van der Waals surface area contributed by atoms with Crippen LogP contribution >= 0.6 is 0 Å². The monoisotopic (exact) mass is 244 g/mol. The molecule has 3 nitrogen and oxygen atoms in total. The van der Waals surface area contributed by atoms with Gasteiger partial charge >= 0.3 is 6.18 Å². The van der Waals surface area contributed by atoms with Crippen LogP contribution in [0.2, 0.25) is 0 Å². The Balaban J connectivity index is 2.49. The molecule has 0 spiro atoms. The van der Waals surface area contributed by atoms with Crippen LogP contribution in [0.25, 0.3) is 11.0 Å². The van der Waals surface area contributed by atoms with Crippen molar-refractivity contribution in [2.45, 2.75) is 12.6 Å². The molecular formula is C11H11F3N2O. The van der Waals surface area contributed by atoms with Gasteiger partial charge in [0.05, 0.1) is 18.1 Å². The van der Waals surface area contributed by atoms with E-state index in [0.717, 1.165) is 0 Å². The molecule has 2 aromatic rings. The molecule has 0 aliphatic carbocycles. The third-order valence-corrected chi connectivity index (χ3v) is 2.54. The summed E-state index contributed by atoms with van der Waals surface area (Å²) in [6, 6.07) is 5.01. The van der Waals surface area contributed by atoms with Crippen LogP contribution in [-0.4, -0.2) is 22.8 Å². The van der Waals surface area contributed by atoms with E-state index in [-0.39, 0.29) is 5.82 Å². The second-order valence-corrected chi connectivity index (χ2v) is 3.73. The van der Waals surface area contributed by atoms with Gasteiger partial charge in [-0.05, 0) is 12.1 Å². The molecule has 6 heteroatoms. The van der Waals surface area contributed by atoms with E-state index in [4.69, 9.17) is 4.74 Å². The molecule has 17 heavy (non-hydrogen) atoms. The molecule has 0 fully saturated rings. The van der Waals surface area contributed by atoms with Crippen LogP contribution in [0.4, 0.5) is 13.2 Å². The lowest BCUT2D eigenvalue weighted by atomic mass is 10.3. The highest BCUT2D eigenvalue weighted by Crippen LogP contribution is 2.25. The van der Waals surface area contributed by atoms with Gasteiger partial charge in [-0.25, -0.2) is 4.98 Å². The van der Waals surface area contributed by atoms with Crippen molar-refractivity contribution in [3.8, 4) is 5.75 Å². The number of methoxy groups -OCH3 is 1. The number of imidazole rings is 1. The van der Waals surface area contributed by atoms with Crippen molar-refractivity contribution in [1.29, 1.82) is 0 Å². The van der Waals surface area contributed by atoms with Crippen LogP contribution < -0.4 is 4.74 Å². The lowest BCUT2D eigenvalue weighted by Crippen LogP contribution is -2.15. The van der Waals surface area contributed by atoms with Gasteiger partial charge in [0.1, 0.15) is 18.0 Å². The maximum absolute atomic E-state index is 12.3. The third-order valence-electron chi connectivity index (χ3n) is 2.54. The highest BCUT2D eigenvalue weighted by atomic mass is 19.4. The fourth-order valence-corrected chi connectivity index (χ4v) is 1.69. The van der Waals surface area contributed by atoms with Crippen LogP contribution in [-0.2, 0) is 13.5 Å². The van der Waals surface area contributed by atoms with E-state index in [1.54, 1.807) is 25.2 Å². The summed E-state index contributed by atoms with van der Waals surface area (Å²) < 4.78 is 43.4. The Bertz CT molecular complexity index is 545. The molecule has 0 N–H and O–H groups in total. The van der Waals surface area contributed by atoms with Crippen LogP contribution in [0, 0.1) is 0 Å². The first-order valence-corrected chi connectivity index (χ1v) is 4.97. The topological polar surface area (TPSA) is 27.1 Å². The fraction of sp³-hybridized carbons (Fsp3) is 0.364. The number of aromatic nitrogens is 2. The molecule has 92 valence electrons. The summed E-state index contributed by atoms with van der Waals surface area (Å²) in [5.74, 6) is 0.579. The van der Waals surface area contributed by atoms with Gasteiger partial charge in [-0.2, -0.15) is 13.2 Å². The average molecular weight is 244 g/mol. The molecule has 0 aliphatic heterocycles. The average Bonchev–Trinajstić information content (AvgIpc) is 2.53. The van der Waals surface area contributed by atoms with E-state index in [9.17, 15) is 13.2 Å². The van der Waals surface area contributed by atoms with Crippen molar-refractivity contribution in [2.24, 2.45) is 7.05 Å². The molecule has 0 amide bonds. The molecule has 1 aromatic heterocycles. The summed E-state index contributed by atoms with van der Waals surface area (Å²) in [6.45, 7) is 0. The predicted octanol–water partition coefficient (Wildman–Crippen LogP) is 2.69. The minimum Gasteiger partial charge on any atom is -0.497 e. The number of fused-ring (bicyclic) bond motifs is 1. The van der Waals surface area contributed by atoms with Crippen LogP contribution in [0.1, 0.15) is 5.82 Å². The summed E-state index contributed by atoms with van der Waals surface area (Å²) >= 11 is 0. The quantitative estimate of drug-likeness (QED) is 0.812. The summed E-state index contributed by atoms with van der Waals surface area (Å²) in [6.07, 6.45) is -5.28. The number of alkyl halides is 3. The van der Waals surface area contributed by atoms with Gasteiger partial charge < -0.3 is 9.30 Å². The number of halogens is 3. The zero-order valence-corrected chi connectivity index (χ0v) is 9.38. The zero-order chi connectivity index (χ0) is 12.6. The molecule has 0 atom stereocenters. The molecule has 1 aromatic carbocycles. The first kappa shape index (κ1) is 11.8. The van der Waals surface area contributed by atoms with Gasteiger partial charge in [0.15, 0.2) is 0 Å². The Morgan fingerprint density at radius 2 is 2.06 bits per heavy atom. The van der Waals surface area contributed by atoms with E-state index in [1.807, 2.05) is 0 Å². The lowest BCUT2D eigenvalue weighted by Gasteiger charge is -2.05. The molecule has 0 radical (unpaired) electrons. The Labute approximate surface area is 95.8 Å². The van der Waals surface area contributed by atoms with Gasteiger partial charge in [-0.1, -0.05) is 0 Å². The maximum atomic E-state index is 12.3. The number of ether oxygens (including phenoxy) is 1. The Morgan fingerprint density at radius 3 is 2.65 bits per heavy atom. The highest BCUT2D eigenvalue weighted by Gasteiger charge is 2.30. The standard InChI is InChI=1S/C11H11F3N2O/c1-16-9-4-3-7(17-2)5-8(9)15-10(16)6-11(12,13)14/h3-5H,6H2,1-2H3. The maximum Gasteiger partial charge on any atom is 0.396 e. The molecule has 0 saturated heterocycles. The van der Waals surface area contributed by atoms with Crippen molar-refractivity contribution in [3.63, 3.8) is 0 Å². The summed E-state index contributed by atoms with van der Waals surface area (Å²) in [5, 5.41) is 0. The van der Waals surface area contributed by atoms with Gasteiger partial charge in [0.25, 0.3) is 0 Å². The predicted molar refractivity (Wildman–Crippen MR) is 57.0 cm³/mol. The number of rotatable bonds is 2. The first-order chi connectivity index (χ1) is 7.90. The molecule has 1 heterocycles. The summed E-state index contributed by atoms with van der Waals surface area (Å²) in [5.41, 5.74) is 1.16. The number of benzene rings is 1. The Morgan fingerprint density at radius 1 is 1.35 bits per heavy atom. The molecule has 2 rings (SSSR count). The summed E-state index contributed by atoms with van der Waals surface area (Å²) in [7, 11) is 3.07. The Kier molecular flexibility index (Phi) is 2.73. The molecule has 0 saturated carbocycles. The van der Waals surface area contributed by atoms with Gasteiger partial charge in [0, 0.05) is 13.1 Å². The largest absolute Gasteiger partial charge is 0.497 e. The SMILES string of the molecule is COc1ccc2c(c1)nc(CC(F)(F)F)n2C. The van der Waals surface area contributed by atoms with E-state index >= 15 is 0 Å². The van der Waals surface area contributed by atoms with E-state index < -0.39 is 12.6 Å². The van der Waals surface area contributed by atoms with Crippen LogP contribution in [0.5, 0.6) is 5.75 Å². The number of hydrogen-bond acceptors (Lipinski definition) is 2. The second-order valence-electron chi connectivity index (χ2n) is 3.73. The molecule has 0 aliphatic rings. The second kappa shape index (κ2) is 3.94. The smallest absolute Gasteiger partial charge is 0.396 e. The van der Waals surface area contributed by atoms with E-state index in [0.29, 0.717) is 16.8 Å².